The highest BCUT2D eigenvalue weighted by molar-refractivity contribution is 5.72. The molecule has 104 valence electrons. The second kappa shape index (κ2) is 5.77. The van der Waals surface area contributed by atoms with Crippen LogP contribution in [0.4, 0.5) is 5.69 Å². The molecule has 5 heteroatoms. The molecule has 2 aromatic rings. The van der Waals surface area contributed by atoms with Crippen LogP contribution >= 0.6 is 0 Å². The minimum absolute atomic E-state index is 0.206. The van der Waals surface area contributed by atoms with Crippen molar-refractivity contribution in [2.45, 2.75) is 25.9 Å². The van der Waals surface area contributed by atoms with Gasteiger partial charge in [0.05, 0.1) is 18.4 Å². The van der Waals surface area contributed by atoms with Crippen LogP contribution in [0.2, 0.25) is 0 Å². The van der Waals surface area contributed by atoms with Crippen molar-refractivity contribution < 1.29 is 9.15 Å². The first-order chi connectivity index (χ1) is 9.83. The van der Waals surface area contributed by atoms with E-state index in [1.807, 2.05) is 30.3 Å². The van der Waals surface area contributed by atoms with Gasteiger partial charge in [-0.1, -0.05) is 12.1 Å². The maximum atomic E-state index is 5.55. The highest BCUT2D eigenvalue weighted by atomic mass is 16.5. The molecule has 5 nitrogen and oxygen atoms in total. The van der Waals surface area contributed by atoms with Crippen molar-refractivity contribution in [1.82, 2.24) is 10.2 Å². The van der Waals surface area contributed by atoms with Crippen molar-refractivity contribution in [3.05, 3.63) is 42.5 Å². The van der Waals surface area contributed by atoms with Gasteiger partial charge >= 0.3 is 0 Å². The lowest BCUT2D eigenvalue weighted by Gasteiger charge is -2.20. The summed E-state index contributed by atoms with van der Waals surface area (Å²) in [4.78, 5) is 0. The summed E-state index contributed by atoms with van der Waals surface area (Å²) in [5, 5.41) is 11.4. The number of allylic oxidation sites excluding steroid dienone is 1. The molecule has 1 aromatic heterocycles. The molecule has 0 saturated carbocycles. The number of aromatic nitrogens is 2. The Bertz CT molecular complexity index is 607. The molecule has 1 aliphatic rings. The molecule has 0 saturated heterocycles. The number of benzene rings is 1. The third-order valence-electron chi connectivity index (χ3n) is 3.23. The zero-order chi connectivity index (χ0) is 13.8. The minimum atomic E-state index is 0.206. The molecule has 1 N–H and O–H groups in total. The maximum absolute atomic E-state index is 5.55. The normalized spacial score (nSPS) is 17.8. The summed E-state index contributed by atoms with van der Waals surface area (Å²) in [7, 11) is 0. The Balaban J connectivity index is 1.74. The van der Waals surface area contributed by atoms with Crippen molar-refractivity contribution in [2.24, 2.45) is 0 Å². The number of ether oxygens (including phenoxy) is 1. The van der Waals surface area contributed by atoms with E-state index in [4.69, 9.17) is 9.15 Å². The lowest BCUT2D eigenvalue weighted by molar-refractivity contribution is 0.135. The summed E-state index contributed by atoms with van der Waals surface area (Å²) < 4.78 is 11.1. The minimum Gasteiger partial charge on any atom is -0.497 e. The SMILES string of the molecule is Cc1nnc(-c2ccccc2NCC2CCC=CO2)o1. The van der Waals surface area contributed by atoms with Crippen LogP contribution in [0.15, 0.2) is 41.0 Å². The van der Waals surface area contributed by atoms with Crippen molar-refractivity contribution in [3.63, 3.8) is 0 Å². The van der Waals surface area contributed by atoms with Crippen LogP contribution in [0, 0.1) is 6.92 Å². The highest BCUT2D eigenvalue weighted by Gasteiger charge is 2.14. The Labute approximate surface area is 117 Å². The van der Waals surface area contributed by atoms with E-state index in [9.17, 15) is 0 Å². The number of para-hydroxylation sites is 1. The van der Waals surface area contributed by atoms with Crippen LogP contribution in [0.1, 0.15) is 18.7 Å². The Morgan fingerprint density at radius 1 is 1.30 bits per heavy atom. The van der Waals surface area contributed by atoms with Crippen molar-refractivity contribution in [3.8, 4) is 11.5 Å². The number of rotatable bonds is 4. The van der Waals surface area contributed by atoms with E-state index in [-0.39, 0.29) is 6.10 Å². The number of nitrogens with one attached hydrogen (secondary N) is 1. The van der Waals surface area contributed by atoms with E-state index in [2.05, 4.69) is 15.5 Å². The lowest BCUT2D eigenvalue weighted by Crippen LogP contribution is -2.23. The first-order valence-corrected chi connectivity index (χ1v) is 6.77. The van der Waals surface area contributed by atoms with Gasteiger partial charge in [-0.25, -0.2) is 0 Å². The smallest absolute Gasteiger partial charge is 0.249 e. The third-order valence-corrected chi connectivity index (χ3v) is 3.23. The van der Waals surface area contributed by atoms with Gasteiger partial charge in [-0.05, 0) is 31.1 Å². The van der Waals surface area contributed by atoms with E-state index < -0.39 is 0 Å². The van der Waals surface area contributed by atoms with Crippen LogP contribution in [-0.4, -0.2) is 22.8 Å². The highest BCUT2D eigenvalue weighted by Crippen LogP contribution is 2.26. The van der Waals surface area contributed by atoms with E-state index in [1.54, 1.807) is 13.2 Å². The van der Waals surface area contributed by atoms with Crippen LogP contribution in [0.5, 0.6) is 0 Å². The zero-order valence-electron chi connectivity index (χ0n) is 11.4. The second-order valence-corrected chi connectivity index (χ2v) is 4.76. The molecule has 1 unspecified atom stereocenters. The predicted molar refractivity (Wildman–Crippen MR) is 76.2 cm³/mol. The van der Waals surface area contributed by atoms with Gasteiger partial charge in [0.1, 0.15) is 6.10 Å². The Hall–Kier alpha value is -2.30. The summed E-state index contributed by atoms with van der Waals surface area (Å²) in [5.41, 5.74) is 1.90. The van der Waals surface area contributed by atoms with Gasteiger partial charge in [0.15, 0.2) is 0 Å². The molecule has 20 heavy (non-hydrogen) atoms. The molecule has 2 heterocycles. The quantitative estimate of drug-likeness (QED) is 0.925. The molecule has 1 aromatic carbocycles. The van der Waals surface area contributed by atoms with E-state index in [0.29, 0.717) is 11.8 Å². The van der Waals surface area contributed by atoms with Crippen LogP contribution in [-0.2, 0) is 4.74 Å². The average Bonchev–Trinajstić information content (AvgIpc) is 2.93. The maximum Gasteiger partial charge on any atom is 0.249 e. The monoisotopic (exact) mass is 271 g/mol. The zero-order valence-corrected chi connectivity index (χ0v) is 11.4. The molecule has 0 amide bonds. The number of nitrogens with zero attached hydrogens (tertiary/aromatic N) is 2. The molecule has 0 radical (unpaired) electrons. The second-order valence-electron chi connectivity index (χ2n) is 4.76. The molecule has 1 aliphatic heterocycles. The Morgan fingerprint density at radius 3 is 2.95 bits per heavy atom. The van der Waals surface area contributed by atoms with Crippen molar-refractivity contribution >= 4 is 5.69 Å². The summed E-state index contributed by atoms with van der Waals surface area (Å²) in [6, 6.07) is 7.92. The largest absolute Gasteiger partial charge is 0.497 e. The number of hydrogen-bond acceptors (Lipinski definition) is 5. The molecule has 0 aliphatic carbocycles. The predicted octanol–water partition coefficient (Wildman–Crippen LogP) is 3.15. The molecule has 3 rings (SSSR count). The number of aryl methyl sites for hydroxylation is 1. The van der Waals surface area contributed by atoms with E-state index >= 15 is 0 Å². The summed E-state index contributed by atoms with van der Waals surface area (Å²) in [6.07, 6.45) is 6.13. The van der Waals surface area contributed by atoms with Gasteiger partial charge < -0.3 is 14.5 Å². The third kappa shape index (κ3) is 2.82. The van der Waals surface area contributed by atoms with Crippen LogP contribution < -0.4 is 5.32 Å². The molecular formula is C15H17N3O2. The van der Waals surface area contributed by atoms with Gasteiger partial charge in [0.25, 0.3) is 0 Å². The standard InChI is InChI=1S/C15H17N3O2/c1-11-17-18-15(20-11)13-7-2-3-8-14(13)16-10-12-6-4-5-9-19-12/h2-3,5,7-9,12,16H,4,6,10H2,1H3. The van der Waals surface area contributed by atoms with Crippen LogP contribution in [0.25, 0.3) is 11.5 Å². The van der Waals surface area contributed by atoms with Crippen molar-refractivity contribution in [2.75, 3.05) is 11.9 Å². The summed E-state index contributed by atoms with van der Waals surface area (Å²) in [6.45, 7) is 2.54. The molecule has 0 spiro atoms. The Kier molecular flexibility index (Phi) is 3.67. The topological polar surface area (TPSA) is 60.2 Å². The average molecular weight is 271 g/mol. The molecule has 0 fully saturated rings. The van der Waals surface area contributed by atoms with Gasteiger partial charge in [0.2, 0.25) is 11.8 Å². The first kappa shape index (κ1) is 12.7. The van der Waals surface area contributed by atoms with Gasteiger partial charge in [-0.2, -0.15) is 0 Å². The van der Waals surface area contributed by atoms with Gasteiger partial charge in [-0.3, -0.25) is 0 Å². The van der Waals surface area contributed by atoms with Gasteiger partial charge in [-0.15, -0.1) is 10.2 Å². The fraction of sp³-hybridized carbons (Fsp3) is 0.333. The Morgan fingerprint density at radius 2 is 2.20 bits per heavy atom. The van der Waals surface area contributed by atoms with Crippen molar-refractivity contribution in [1.29, 1.82) is 0 Å². The van der Waals surface area contributed by atoms with Gasteiger partial charge in [0, 0.05) is 12.6 Å². The lowest BCUT2D eigenvalue weighted by atomic mass is 10.1. The van der Waals surface area contributed by atoms with E-state index in [0.717, 1.165) is 30.6 Å². The molecule has 1 atom stereocenters. The summed E-state index contributed by atoms with van der Waals surface area (Å²) >= 11 is 0. The number of hydrogen-bond donors (Lipinski definition) is 1. The molecule has 0 bridgehead atoms. The fourth-order valence-electron chi connectivity index (χ4n) is 2.19. The van der Waals surface area contributed by atoms with E-state index in [1.165, 1.54) is 0 Å². The summed E-state index contributed by atoms with van der Waals surface area (Å²) in [5.74, 6) is 1.10. The first-order valence-electron chi connectivity index (χ1n) is 6.77. The number of anilines is 1. The fourth-order valence-corrected chi connectivity index (χ4v) is 2.19. The molecular weight excluding hydrogens is 254 g/mol. The van der Waals surface area contributed by atoms with Crippen LogP contribution in [0.3, 0.4) is 0 Å².